The molecule has 0 N–H and O–H groups in total. The predicted molar refractivity (Wildman–Crippen MR) is 99.2 cm³/mol. The fraction of sp³-hybridized carbons (Fsp3) is 0.579. The van der Waals surface area contributed by atoms with Crippen LogP contribution in [0.5, 0.6) is 5.75 Å². The number of hydrogen-bond donors (Lipinski definition) is 0. The molecule has 1 heterocycles. The van der Waals surface area contributed by atoms with Crippen molar-refractivity contribution in [2.24, 2.45) is 5.92 Å². The Bertz CT molecular complexity index is 617. The molecule has 1 fully saturated rings. The highest BCUT2D eigenvalue weighted by atomic mass is 35.5. The van der Waals surface area contributed by atoms with Crippen LogP contribution in [-0.2, 0) is 4.79 Å². The van der Waals surface area contributed by atoms with E-state index >= 15 is 0 Å². The number of halogens is 1. The Hall–Kier alpha value is -1.75. The molecule has 0 saturated carbocycles. The first kappa shape index (κ1) is 19.6. The van der Waals surface area contributed by atoms with Gasteiger partial charge in [0, 0.05) is 37.1 Å². The molecule has 1 aromatic carbocycles. The minimum Gasteiger partial charge on any atom is -0.496 e. The number of hydrogen-bond acceptors (Lipinski definition) is 3. The van der Waals surface area contributed by atoms with E-state index in [1.165, 1.54) is 0 Å². The molecule has 0 atom stereocenters. The van der Waals surface area contributed by atoms with Gasteiger partial charge in [-0.1, -0.05) is 25.4 Å². The quantitative estimate of drug-likeness (QED) is 0.801. The fourth-order valence-electron chi connectivity index (χ4n) is 3.25. The lowest BCUT2D eigenvalue weighted by molar-refractivity contribution is -0.135. The van der Waals surface area contributed by atoms with Crippen molar-refractivity contribution in [2.45, 2.75) is 33.1 Å². The molecule has 25 heavy (non-hydrogen) atoms. The Morgan fingerprint density at radius 2 is 1.76 bits per heavy atom. The molecule has 0 aromatic heterocycles. The monoisotopic (exact) mass is 366 g/mol. The van der Waals surface area contributed by atoms with Gasteiger partial charge in [-0.3, -0.25) is 9.59 Å². The van der Waals surface area contributed by atoms with E-state index in [4.69, 9.17) is 16.3 Å². The summed E-state index contributed by atoms with van der Waals surface area (Å²) in [6.07, 6.45) is 2.49. The zero-order chi connectivity index (χ0) is 18.4. The fourth-order valence-corrected chi connectivity index (χ4v) is 3.43. The smallest absolute Gasteiger partial charge is 0.257 e. The van der Waals surface area contributed by atoms with Crippen molar-refractivity contribution in [3.63, 3.8) is 0 Å². The summed E-state index contributed by atoms with van der Waals surface area (Å²) < 4.78 is 5.29. The Labute approximate surface area is 154 Å². The standard InChI is InChI=1S/C19H27ClN2O3/c1-4-14(5-2)18(23)21-9-6-10-22(12-11-21)19(24)16-13-15(20)7-8-17(16)25-3/h7-8,13-14H,4-6,9-12H2,1-3H3. The minimum atomic E-state index is -0.101. The summed E-state index contributed by atoms with van der Waals surface area (Å²) >= 11 is 6.04. The second-order valence-corrected chi connectivity index (χ2v) is 6.77. The summed E-state index contributed by atoms with van der Waals surface area (Å²) in [6.45, 7) is 6.52. The summed E-state index contributed by atoms with van der Waals surface area (Å²) in [6, 6.07) is 5.05. The highest BCUT2D eigenvalue weighted by Gasteiger charge is 2.27. The Balaban J connectivity index is 2.09. The van der Waals surface area contributed by atoms with Crippen molar-refractivity contribution in [1.82, 2.24) is 9.80 Å². The third kappa shape index (κ3) is 4.66. The second kappa shape index (κ2) is 9.09. The molecule has 0 aliphatic carbocycles. The van der Waals surface area contributed by atoms with Crippen molar-refractivity contribution in [2.75, 3.05) is 33.3 Å². The van der Waals surface area contributed by atoms with Gasteiger partial charge in [-0.2, -0.15) is 0 Å². The molecule has 138 valence electrons. The number of carbonyl (C=O) groups excluding carboxylic acids is 2. The van der Waals surface area contributed by atoms with E-state index in [2.05, 4.69) is 0 Å². The molecule has 0 unspecified atom stereocenters. The van der Waals surface area contributed by atoms with E-state index in [1.807, 2.05) is 18.7 Å². The average molecular weight is 367 g/mol. The highest BCUT2D eigenvalue weighted by Crippen LogP contribution is 2.25. The van der Waals surface area contributed by atoms with Gasteiger partial charge in [-0.25, -0.2) is 0 Å². The van der Waals surface area contributed by atoms with Crippen molar-refractivity contribution in [1.29, 1.82) is 0 Å². The first-order valence-electron chi connectivity index (χ1n) is 8.93. The van der Waals surface area contributed by atoms with Gasteiger partial charge >= 0.3 is 0 Å². The lowest BCUT2D eigenvalue weighted by Gasteiger charge is -2.25. The molecular formula is C19H27ClN2O3. The lowest BCUT2D eigenvalue weighted by Crippen LogP contribution is -2.39. The van der Waals surface area contributed by atoms with Gasteiger partial charge in [0.1, 0.15) is 5.75 Å². The maximum Gasteiger partial charge on any atom is 0.257 e. The average Bonchev–Trinajstić information content (AvgIpc) is 2.88. The van der Waals surface area contributed by atoms with Gasteiger partial charge in [-0.05, 0) is 37.5 Å². The summed E-state index contributed by atoms with van der Waals surface area (Å²) in [5, 5.41) is 0.504. The van der Waals surface area contributed by atoms with Gasteiger partial charge in [-0.15, -0.1) is 0 Å². The van der Waals surface area contributed by atoms with Crippen LogP contribution in [-0.4, -0.2) is 54.9 Å². The van der Waals surface area contributed by atoms with Crippen molar-refractivity contribution < 1.29 is 14.3 Å². The number of nitrogens with zero attached hydrogens (tertiary/aromatic N) is 2. The predicted octanol–water partition coefficient (Wildman–Crippen LogP) is 3.46. The van der Waals surface area contributed by atoms with Gasteiger partial charge < -0.3 is 14.5 Å². The SMILES string of the molecule is CCC(CC)C(=O)N1CCCN(C(=O)c2cc(Cl)ccc2OC)CC1. The Kier molecular flexibility index (Phi) is 7.12. The normalized spacial score (nSPS) is 15.2. The molecule has 1 saturated heterocycles. The number of carbonyl (C=O) groups is 2. The van der Waals surface area contributed by atoms with E-state index < -0.39 is 0 Å². The van der Waals surface area contributed by atoms with Crippen LogP contribution in [0.15, 0.2) is 18.2 Å². The molecule has 2 amide bonds. The maximum atomic E-state index is 12.9. The Morgan fingerprint density at radius 1 is 1.12 bits per heavy atom. The van der Waals surface area contributed by atoms with Crippen LogP contribution < -0.4 is 4.74 Å². The van der Waals surface area contributed by atoms with Crippen LogP contribution in [0.25, 0.3) is 0 Å². The van der Waals surface area contributed by atoms with E-state index in [9.17, 15) is 9.59 Å². The van der Waals surface area contributed by atoms with E-state index in [0.717, 1.165) is 19.3 Å². The minimum absolute atomic E-state index is 0.0790. The van der Waals surface area contributed by atoms with Gasteiger partial charge in [0.15, 0.2) is 0 Å². The summed E-state index contributed by atoms with van der Waals surface area (Å²) in [4.78, 5) is 29.2. The van der Waals surface area contributed by atoms with Gasteiger partial charge in [0.2, 0.25) is 5.91 Å². The van der Waals surface area contributed by atoms with Crippen LogP contribution >= 0.6 is 11.6 Å². The molecule has 1 aromatic rings. The van der Waals surface area contributed by atoms with Crippen LogP contribution in [0.4, 0.5) is 0 Å². The summed E-state index contributed by atoms with van der Waals surface area (Å²) in [7, 11) is 1.54. The number of benzene rings is 1. The van der Waals surface area contributed by atoms with Crippen molar-refractivity contribution >= 4 is 23.4 Å². The first-order chi connectivity index (χ1) is 12.0. The summed E-state index contributed by atoms with van der Waals surface area (Å²) in [5.41, 5.74) is 0.467. The van der Waals surface area contributed by atoms with Crippen molar-refractivity contribution in [3.05, 3.63) is 28.8 Å². The lowest BCUT2D eigenvalue weighted by atomic mass is 10.0. The number of amides is 2. The zero-order valence-corrected chi connectivity index (χ0v) is 16.0. The van der Waals surface area contributed by atoms with E-state index in [1.54, 1.807) is 30.2 Å². The molecule has 0 spiro atoms. The van der Waals surface area contributed by atoms with Gasteiger partial charge in [0.05, 0.1) is 12.7 Å². The van der Waals surface area contributed by atoms with Crippen LogP contribution in [0.1, 0.15) is 43.5 Å². The van der Waals surface area contributed by atoms with E-state index in [-0.39, 0.29) is 17.7 Å². The number of rotatable bonds is 5. The third-order valence-electron chi connectivity index (χ3n) is 4.82. The molecule has 0 bridgehead atoms. The molecule has 2 rings (SSSR count). The number of methoxy groups -OCH3 is 1. The second-order valence-electron chi connectivity index (χ2n) is 6.33. The molecule has 0 radical (unpaired) electrons. The highest BCUT2D eigenvalue weighted by molar-refractivity contribution is 6.31. The molecule has 1 aliphatic rings. The molecule has 5 nitrogen and oxygen atoms in total. The largest absolute Gasteiger partial charge is 0.496 e. The molecule has 1 aliphatic heterocycles. The third-order valence-corrected chi connectivity index (χ3v) is 5.06. The molecule has 6 heteroatoms. The topological polar surface area (TPSA) is 49.9 Å². The van der Waals surface area contributed by atoms with Crippen LogP contribution in [0.2, 0.25) is 5.02 Å². The Morgan fingerprint density at radius 3 is 2.40 bits per heavy atom. The maximum absolute atomic E-state index is 12.9. The summed E-state index contributed by atoms with van der Waals surface area (Å²) in [5.74, 6) is 0.703. The first-order valence-corrected chi connectivity index (χ1v) is 9.31. The van der Waals surface area contributed by atoms with E-state index in [0.29, 0.717) is 42.5 Å². The number of ether oxygens (including phenoxy) is 1. The van der Waals surface area contributed by atoms with Crippen molar-refractivity contribution in [3.8, 4) is 5.75 Å². The molecular weight excluding hydrogens is 340 g/mol. The van der Waals surface area contributed by atoms with Crippen LogP contribution in [0.3, 0.4) is 0 Å². The van der Waals surface area contributed by atoms with Gasteiger partial charge in [0.25, 0.3) is 5.91 Å². The van der Waals surface area contributed by atoms with Crippen LogP contribution in [0, 0.1) is 5.92 Å². The zero-order valence-electron chi connectivity index (χ0n) is 15.3.